The molecule has 0 aliphatic carbocycles. The molecule has 0 aliphatic heterocycles. The second kappa shape index (κ2) is 5.38. The average Bonchev–Trinajstić information content (AvgIpc) is 2.14. The monoisotopic (exact) mass is 257 g/mol. The molecule has 1 aromatic rings. The first-order valence-electron chi connectivity index (χ1n) is 4.11. The van der Waals surface area contributed by atoms with Crippen LogP contribution in [-0.4, -0.2) is 22.5 Å². The Kier molecular flexibility index (Phi) is 5.05. The lowest BCUT2D eigenvalue weighted by Crippen LogP contribution is -2.38. The maximum absolute atomic E-state index is 12.1. The van der Waals surface area contributed by atoms with Crippen molar-refractivity contribution in [2.75, 3.05) is 0 Å². The third-order valence-electron chi connectivity index (χ3n) is 1.93. The zero-order chi connectivity index (χ0) is 11.6. The highest BCUT2D eigenvalue weighted by Gasteiger charge is 2.42. The molecular weight excluding hydrogens is 247 g/mol. The Morgan fingerprint density at radius 1 is 1.25 bits per heavy atom. The first-order valence-corrected chi connectivity index (χ1v) is 4.11. The van der Waals surface area contributed by atoms with E-state index in [2.05, 4.69) is 0 Å². The van der Waals surface area contributed by atoms with E-state index >= 15 is 0 Å². The summed E-state index contributed by atoms with van der Waals surface area (Å²) in [6, 6.07) is 3.44. The Balaban J connectivity index is 0.00000225. The van der Waals surface area contributed by atoms with E-state index in [1.165, 1.54) is 18.2 Å². The van der Waals surface area contributed by atoms with E-state index in [-0.39, 0.29) is 23.7 Å². The summed E-state index contributed by atoms with van der Waals surface area (Å²) in [5.41, 5.74) is 5.24. The summed E-state index contributed by atoms with van der Waals surface area (Å²) in [6.07, 6.45) is -7.41. The van der Waals surface area contributed by atoms with Crippen molar-refractivity contribution in [2.24, 2.45) is 5.73 Å². The molecule has 1 rings (SSSR count). The molecule has 4 N–H and O–H groups in total. The van der Waals surface area contributed by atoms with E-state index < -0.39 is 18.3 Å². The molecule has 0 aromatic heterocycles. The summed E-state index contributed by atoms with van der Waals surface area (Å²) in [7, 11) is 0. The van der Waals surface area contributed by atoms with Crippen molar-refractivity contribution in [3.8, 4) is 5.75 Å². The molecule has 7 heteroatoms. The average molecular weight is 258 g/mol. The Morgan fingerprint density at radius 3 is 2.25 bits per heavy atom. The lowest BCUT2D eigenvalue weighted by atomic mass is 10.0. The van der Waals surface area contributed by atoms with E-state index in [4.69, 9.17) is 15.9 Å². The van der Waals surface area contributed by atoms with Crippen LogP contribution in [0.4, 0.5) is 13.2 Å². The summed E-state index contributed by atoms with van der Waals surface area (Å²) in [5.74, 6) is -0.197. The minimum Gasteiger partial charge on any atom is -0.508 e. The van der Waals surface area contributed by atoms with Crippen LogP contribution in [0, 0.1) is 0 Å². The van der Waals surface area contributed by atoms with Gasteiger partial charge in [-0.15, -0.1) is 12.4 Å². The highest BCUT2D eigenvalue weighted by molar-refractivity contribution is 5.85. The van der Waals surface area contributed by atoms with E-state index in [9.17, 15) is 13.2 Å². The van der Waals surface area contributed by atoms with Crippen LogP contribution in [0.25, 0.3) is 0 Å². The molecule has 0 fully saturated rings. The van der Waals surface area contributed by atoms with Gasteiger partial charge in [-0.05, 0) is 17.7 Å². The topological polar surface area (TPSA) is 66.5 Å². The number of hydrogen-bond acceptors (Lipinski definition) is 3. The first-order chi connectivity index (χ1) is 6.82. The normalized spacial score (nSPS) is 15.1. The molecule has 1 aromatic carbocycles. The van der Waals surface area contributed by atoms with Crippen molar-refractivity contribution in [3.05, 3.63) is 29.8 Å². The van der Waals surface area contributed by atoms with Gasteiger partial charge in [0.15, 0.2) is 6.10 Å². The van der Waals surface area contributed by atoms with Gasteiger partial charge in [-0.25, -0.2) is 0 Å². The number of rotatable bonds is 2. The van der Waals surface area contributed by atoms with Gasteiger partial charge in [-0.1, -0.05) is 12.1 Å². The summed E-state index contributed by atoms with van der Waals surface area (Å²) in [4.78, 5) is 0. The Morgan fingerprint density at radius 2 is 1.81 bits per heavy atom. The molecule has 16 heavy (non-hydrogen) atoms. The number of benzene rings is 1. The maximum Gasteiger partial charge on any atom is 0.416 e. The minimum absolute atomic E-state index is 0. The lowest BCUT2D eigenvalue weighted by Gasteiger charge is -2.21. The Bertz CT molecular complexity index is 346. The number of aliphatic hydroxyl groups excluding tert-OH is 1. The van der Waals surface area contributed by atoms with Crippen molar-refractivity contribution in [1.29, 1.82) is 0 Å². The van der Waals surface area contributed by atoms with Gasteiger partial charge in [-0.3, -0.25) is 0 Å². The largest absolute Gasteiger partial charge is 0.508 e. The fourth-order valence-corrected chi connectivity index (χ4v) is 1.12. The SMILES string of the molecule is Cl.N[C@@H](c1cccc(O)c1)[C@H](O)C(F)(F)F. The molecule has 0 spiro atoms. The predicted molar refractivity (Wildman–Crippen MR) is 54.3 cm³/mol. The van der Waals surface area contributed by atoms with Gasteiger partial charge in [0.2, 0.25) is 0 Å². The van der Waals surface area contributed by atoms with Crippen molar-refractivity contribution < 1.29 is 23.4 Å². The van der Waals surface area contributed by atoms with Gasteiger partial charge in [0.1, 0.15) is 5.75 Å². The molecule has 0 saturated heterocycles. The highest BCUT2D eigenvalue weighted by atomic mass is 35.5. The van der Waals surface area contributed by atoms with Crippen LogP contribution in [0.2, 0.25) is 0 Å². The Labute approximate surface area is 96.1 Å². The molecule has 0 radical (unpaired) electrons. The third-order valence-corrected chi connectivity index (χ3v) is 1.93. The molecule has 0 aliphatic rings. The molecule has 92 valence electrons. The zero-order valence-electron chi connectivity index (χ0n) is 7.98. The molecule has 2 atom stereocenters. The molecule has 0 amide bonds. The van der Waals surface area contributed by atoms with E-state index in [0.29, 0.717) is 0 Å². The predicted octanol–water partition coefficient (Wildman–Crippen LogP) is 1.74. The zero-order valence-corrected chi connectivity index (χ0v) is 8.79. The van der Waals surface area contributed by atoms with Gasteiger partial charge in [0.05, 0.1) is 6.04 Å². The molecule has 3 nitrogen and oxygen atoms in total. The van der Waals surface area contributed by atoms with Crippen LogP contribution in [0.3, 0.4) is 0 Å². The molecule has 0 saturated carbocycles. The maximum atomic E-state index is 12.1. The van der Waals surface area contributed by atoms with Gasteiger partial charge >= 0.3 is 6.18 Å². The van der Waals surface area contributed by atoms with Crippen LogP contribution in [-0.2, 0) is 0 Å². The Hall–Kier alpha value is -0.980. The smallest absolute Gasteiger partial charge is 0.416 e. The van der Waals surface area contributed by atoms with E-state index in [1.807, 2.05) is 0 Å². The van der Waals surface area contributed by atoms with Crippen LogP contribution in [0.5, 0.6) is 5.75 Å². The van der Waals surface area contributed by atoms with Gasteiger partial charge < -0.3 is 15.9 Å². The first kappa shape index (κ1) is 15.0. The van der Waals surface area contributed by atoms with Crippen molar-refractivity contribution in [1.82, 2.24) is 0 Å². The van der Waals surface area contributed by atoms with Crippen LogP contribution in [0.1, 0.15) is 11.6 Å². The number of aliphatic hydroxyl groups is 1. The summed E-state index contributed by atoms with van der Waals surface area (Å²) in [6.45, 7) is 0. The number of hydrogen-bond donors (Lipinski definition) is 3. The number of nitrogens with two attached hydrogens (primary N) is 1. The van der Waals surface area contributed by atoms with Crippen molar-refractivity contribution >= 4 is 12.4 Å². The van der Waals surface area contributed by atoms with Crippen LogP contribution >= 0.6 is 12.4 Å². The van der Waals surface area contributed by atoms with E-state index in [0.717, 1.165) is 6.07 Å². The minimum atomic E-state index is -4.77. The lowest BCUT2D eigenvalue weighted by molar-refractivity contribution is -0.210. The van der Waals surface area contributed by atoms with Gasteiger partial charge in [-0.2, -0.15) is 13.2 Å². The fourth-order valence-electron chi connectivity index (χ4n) is 1.12. The highest BCUT2D eigenvalue weighted by Crippen LogP contribution is 2.29. The number of halogens is 4. The molecule has 0 bridgehead atoms. The van der Waals surface area contributed by atoms with Crippen molar-refractivity contribution in [2.45, 2.75) is 18.3 Å². The van der Waals surface area contributed by atoms with Crippen LogP contribution in [0.15, 0.2) is 24.3 Å². The molecular formula is C9H11ClF3NO2. The standard InChI is InChI=1S/C9H10F3NO2.ClH/c10-9(11,12)8(15)7(13)5-2-1-3-6(14)4-5;/h1-4,7-8,14-15H,13H2;1H/t7-,8-;/m0./s1. The quantitative estimate of drug-likeness (QED) is 0.756. The summed E-state index contributed by atoms with van der Waals surface area (Å²) < 4.78 is 36.3. The summed E-state index contributed by atoms with van der Waals surface area (Å²) in [5, 5.41) is 17.9. The summed E-state index contributed by atoms with van der Waals surface area (Å²) >= 11 is 0. The number of phenols is 1. The van der Waals surface area contributed by atoms with E-state index in [1.54, 1.807) is 0 Å². The fraction of sp³-hybridized carbons (Fsp3) is 0.333. The molecule has 0 heterocycles. The van der Waals surface area contributed by atoms with Gasteiger partial charge in [0.25, 0.3) is 0 Å². The second-order valence-corrected chi connectivity index (χ2v) is 3.11. The number of phenolic OH excluding ortho intramolecular Hbond substituents is 1. The number of alkyl halides is 3. The number of aromatic hydroxyl groups is 1. The van der Waals surface area contributed by atoms with Gasteiger partial charge in [0, 0.05) is 0 Å². The van der Waals surface area contributed by atoms with Crippen LogP contribution < -0.4 is 5.73 Å². The van der Waals surface area contributed by atoms with Crippen molar-refractivity contribution in [3.63, 3.8) is 0 Å². The third kappa shape index (κ3) is 3.55. The second-order valence-electron chi connectivity index (χ2n) is 3.11. The molecule has 0 unspecified atom stereocenters.